The van der Waals surface area contributed by atoms with E-state index in [0.29, 0.717) is 6.04 Å². The van der Waals surface area contributed by atoms with E-state index in [-0.39, 0.29) is 0 Å². The number of benzene rings is 2. The van der Waals surface area contributed by atoms with Crippen LogP contribution in [0.4, 0.5) is 11.6 Å². The number of rotatable bonds is 4. The average molecular weight is 278 g/mol. The summed E-state index contributed by atoms with van der Waals surface area (Å²) in [6.07, 6.45) is 2.48. The number of imidazole rings is 1. The fourth-order valence-corrected chi connectivity index (χ4v) is 2.69. The van der Waals surface area contributed by atoms with E-state index in [9.17, 15) is 0 Å². The summed E-state index contributed by atoms with van der Waals surface area (Å²) in [6.45, 7) is 0.890. The molecule has 1 saturated carbocycles. The summed E-state index contributed by atoms with van der Waals surface area (Å²) >= 11 is 0. The van der Waals surface area contributed by atoms with Gasteiger partial charge in [0, 0.05) is 18.3 Å². The highest BCUT2D eigenvalue weighted by molar-refractivity contribution is 5.81. The third-order valence-corrected chi connectivity index (χ3v) is 3.95. The molecule has 1 heterocycles. The van der Waals surface area contributed by atoms with Gasteiger partial charge in [0.25, 0.3) is 0 Å². The Morgan fingerprint density at radius 3 is 2.71 bits per heavy atom. The number of hydrogen-bond donors (Lipinski definition) is 2. The van der Waals surface area contributed by atoms with Crippen molar-refractivity contribution in [2.45, 2.75) is 25.4 Å². The van der Waals surface area contributed by atoms with Crippen LogP contribution < -0.4 is 10.6 Å². The van der Waals surface area contributed by atoms with Gasteiger partial charge in [-0.1, -0.05) is 30.3 Å². The number of nitrogens with one attached hydrogen (secondary N) is 1. The summed E-state index contributed by atoms with van der Waals surface area (Å²) < 4.78 is 0. The van der Waals surface area contributed by atoms with Gasteiger partial charge in [-0.2, -0.15) is 0 Å². The van der Waals surface area contributed by atoms with Gasteiger partial charge in [-0.25, -0.2) is 4.98 Å². The van der Waals surface area contributed by atoms with Gasteiger partial charge in [0.05, 0.1) is 11.0 Å². The maximum absolute atomic E-state index is 5.84. The molecule has 0 saturated heterocycles. The molecule has 21 heavy (non-hydrogen) atoms. The van der Waals surface area contributed by atoms with E-state index in [4.69, 9.17) is 10.7 Å². The standard InChI is InChI=1S/C17H18N4/c18-13-6-9-15-16(10-13)20-17(19-15)21(14-7-8-14)11-12-4-2-1-3-5-12/h1-6,9-10,14H,7-8,11,18H2,(H,19,20). The van der Waals surface area contributed by atoms with Gasteiger partial charge in [0.15, 0.2) is 0 Å². The van der Waals surface area contributed by atoms with E-state index in [2.05, 4.69) is 40.2 Å². The maximum atomic E-state index is 5.84. The van der Waals surface area contributed by atoms with Gasteiger partial charge in [-0.05, 0) is 36.6 Å². The average Bonchev–Trinajstić information content (AvgIpc) is 3.25. The first kappa shape index (κ1) is 12.3. The number of nitrogens with zero attached hydrogens (tertiary/aromatic N) is 2. The Bertz CT molecular complexity index is 759. The highest BCUT2D eigenvalue weighted by atomic mass is 15.3. The number of H-pyrrole nitrogens is 1. The first-order valence-electron chi connectivity index (χ1n) is 7.35. The Morgan fingerprint density at radius 2 is 1.95 bits per heavy atom. The summed E-state index contributed by atoms with van der Waals surface area (Å²) in [5.41, 5.74) is 9.89. The van der Waals surface area contributed by atoms with Crippen LogP contribution in [0.5, 0.6) is 0 Å². The van der Waals surface area contributed by atoms with Crippen LogP contribution in [0.1, 0.15) is 18.4 Å². The molecule has 0 amide bonds. The Labute approximate surface area is 123 Å². The molecule has 0 radical (unpaired) electrons. The summed E-state index contributed by atoms with van der Waals surface area (Å²) in [6, 6.07) is 17.0. The summed E-state index contributed by atoms with van der Waals surface area (Å²) in [4.78, 5) is 10.5. The topological polar surface area (TPSA) is 57.9 Å². The first-order valence-corrected chi connectivity index (χ1v) is 7.35. The number of nitrogen functional groups attached to an aromatic ring is 1. The second kappa shape index (κ2) is 4.81. The van der Waals surface area contributed by atoms with Gasteiger partial charge < -0.3 is 15.6 Å². The molecule has 1 aliphatic carbocycles. The van der Waals surface area contributed by atoms with E-state index in [0.717, 1.165) is 29.2 Å². The largest absolute Gasteiger partial charge is 0.399 e. The predicted octanol–water partition coefficient (Wildman–Crippen LogP) is 3.31. The first-order chi connectivity index (χ1) is 10.3. The van der Waals surface area contributed by atoms with Crippen molar-refractivity contribution >= 4 is 22.7 Å². The molecule has 4 nitrogen and oxygen atoms in total. The molecule has 2 aromatic carbocycles. The van der Waals surface area contributed by atoms with Crippen molar-refractivity contribution in [3.63, 3.8) is 0 Å². The minimum Gasteiger partial charge on any atom is -0.399 e. The fraction of sp³-hybridized carbons (Fsp3) is 0.235. The zero-order valence-corrected chi connectivity index (χ0v) is 11.8. The smallest absolute Gasteiger partial charge is 0.204 e. The van der Waals surface area contributed by atoms with E-state index < -0.39 is 0 Å². The number of anilines is 2. The molecule has 1 aliphatic rings. The molecule has 4 heteroatoms. The lowest BCUT2D eigenvalue weighted by molar-refractivity contribution is 0.768. The quantitative estimate of drug-likeness (QED) is 0.720. The van der Waals surface area contributed by atoms with E-state index in [1.54, 1.807) is 0 Å². The number of hydrogen-bond acceptors (Lipinski definition) is 3. The number of fused-ring (bicyclic) bond motifs is 1. The molecule has 0 aliphatic heterocycles. The molecule has 0 spiro atoms. The molecule has 3 aromatic rings. The zero-order valence-electron chi connectivity index (χ0n) is 11.8. The number of nitrogens with two attached hydrogens (primary N) is 1. The van der Waals surface area contributed by atoms with Gasteiger partial charge in [-0.15, -0.1) is 0 Å². The molecular formula is C17H18N4. The molecular weight excluding hydrogens is 260 g/mol. The minimum absolute atomic E-state index is 0.600. The summed E-state index contributed by atoms with van der Waals surface area (Å²) in [5.74, 6) is 0.946. The Kier molecular flexibility index (Phi) is 2.81. The molecule has 4 rings (SSSR count). The molecule has 1 fully saturated rings. The Balaban J connectivity index is 1.69. The van der Waals surface area contributed by atoms with Gasteiger partial charge in [-0.3, -0.25) is 0 Å². The Hall–Kier alpha value is -2.49. The molecule has 0 atom stereocenters. The molecule has 1 aromatic heterocycles. The van der Waals surface area contributed by atoms with E-state index in [1.807, 2.05) is 18.2 Å². The van der Waals surface area contributed by atoms with Gasteiger partial charge in [0.1, 0.15) is 0 Å². The van der Waals surface area contributed by atoms with Crippen LogP contribution in [0.25, 0.3) is 11.0 Å². The van der Waals surface area contributed by atoms with Crippen molar-refractivity contribution in [1.29, 1.82) is 0 Å². The SMILES string of the molecule is Nc1ccc2nc(N(Cc3ccccc3)C3CC3)[nH]c2c1. The van der Waals surface area contributed by atoms with Gasteiger partial charge in [0.2, 0.25) is 5.95 Å². The number of aromatic nitrogens is 2. The lowest BCUT2D eigenvalue weighted by Crippen LogP contribution is -2.26. The minimum atomic E-state index is 0.600. The monoisotopic (exact) mass is 278 g/mol. The van der Waals surface area contributed by atoms with Crippen LogP contribution in [0, 0.1) is 0 Å². The molecule has 3 N–H and O–H groups in total. The molecule has 0 unspecified atom stereocenters. The molecule has 106 valence electrons. The lowest BCUT2D eigenvalue weighted by atomic mass is 10.2. The van der Waals surface area contributed by atoms with Crippen molar-refractivity contribution in [2.24, 2.45) is 0 Å². The van der Waals surface area contributed by atoms with Crippen LogP contribution in [-0.4, -0.2) is 16.0 Å². The van der Waals surface area contributed by atoms with Crippen molar-refractivity contribution in [3.8, 4) is 0 Å². The normalized spacial score (nSPS) is 14.5. The van der Waals surface area contributed by atoms with Gasteiger partial charge >= 0.3 is 0 Å². The van der Waals surface area contributed by atoms with Crippen LogP contribution in [-0.2, 0) is 6.54 Å². The highest BCUT2D eigenvalue weighted by Gasteiger charge is 2.31. The second-order valence-corrected chi connectivity index (χ2v) is 5.68. The number of aromatic amines is 1. The fourth-order valence-electron chi connectivity index (χ4n) is 2.69. The molecule has 0 bridgehead atoms. The van der Waals surface area contributed by atoms with Crippen LogP contribution in [0.2, 0.25) is 0 Å². The predicted molar refractivity (Wildman–Crippen MR) is 86.2 cm³/mol. The van der Waals surface area contributed by atoms with Crippen LogP contribution in [0.15, 0.2) is 48.5 Å². The van der Waals surface area contributed by atoms with E-state index in [1.165, 1.54) is 18.4 Å². The van der Waals surface area contributed by atoms with Crippen molar-refractivity contribution in [2.75, 3.05) is 10.6 Å². The lowest BCUT2D eigenvalue weighted by Gasteiger charge is -2.21. The van der Waals surface area contributed by atoms with E-state index >= 15 is 0 Å². The highest BCUT2D eigenvalue weighted by Crippen LogP contribution is 2.32. The van der Waals surface area contributed by atoms with Crippen LogP contribution in [0.3, 0.4) is 0 Å². The Morgan fingerprint density at radius 1 is 1.14 bits per heavy atom. The van der Waals surface area contributed by atoms with Crippen molar-refractivity contribution in [3.05, 3.63) is 54.1 Å². The van der Waals surface area contributed by atoms with Crippen molar-refractivity contribution < 1.29 is 0 Å². The summed E-state index contributed by atoms with van der Waals surface area (Å²) in [7, 11) is 0. The third kappa shape index (κ3) is 2.44. The second-order valence-electron chi connectivity index (χ2n) is 5.68. The zero-order chi connectivity index (χ0) is 14.2. The van der Waals surface area contributed by atoms with Crippen molar-refractivity contribution in [1.82, 2.24) is 9.97 Å². The third-order valence-electron chi connectivity index (χ3n) is 3.95. The maximum Gasteiger partial charge on any atom is 0.204 e. The van der Waals surface area contributed by atoms with Crippen LogP contribution >= 0.6 is 0 Å². The summed E-state index contributed by atoms with van der Waals surface area (Å²) in [5, 5.41) is 0.